The number of hydrogen-bond donors (Lipinski definition) is 2. The van der Waals surface area contributed by atoms with E-state index in [0.29, 0.717) is 40.0 Å². The molecule has 252 valence electrons. The van der Waals surface area contributed by atoms with Crippen LogP contribution in [0.15, 0.2) is 128 Å². The van der Waals surface area contributed by atoms with E-state index < -0.39 is 29.6 Å². The molecule has 2 heterocycles. The number of carbonyl (C=O) groups excluding carboxylic acids is 3. The highest BCUT2D eigenvalue weighted by atomic mass is 19.4. The van der Waals surface area contributed by atoms with Gasteiger partial charge in [0.15, 0.2) is 0 Å². The normalized spacial score (nSPS) is 11.9. The zero-order valence-corrected chi connectivity index (χ0v) is 27.1. The number of fused-ring (bicyclic) bond motifs is 1. The van der Waals surface area contributed by atoms with Crippen molar-refractivity contribution in [2.24, 2.45) is 7.05 Å². The number of pyridine rings is 1. The molecule has 0 saturated carbocycles. The summed E-state index contributed by atoms with van der Waals surface area (Å²) in [6.45, 7) is 0.361. The van der Waals surface area contributed by atoms with Gasteiger partial charge in [-0.1, -0.05) is 91.0 Å². The van der Waals surface area contributed by atoms with Crippen LogP contribution in [-0.2, 0) is 24.6 Å². The monoisotopic (exact) mass is 675 g/mol. The summed E-state index contributed by atoms with van der Waals surface area (Å²) >= 11 is 0. The lowest BCUT2D eigenvalue weighted by atomic mass is 9.98. The molecular weight excluding hydrogens is 643 g/mol. The number of alkyl halides is 3. The van der Waals surface area contributed by atoms with Gasteiger partial charge in [0, 0.05) is 31.6 Å². The molecule has 0 saturated heterocycles. The maximum atomic E-state index is 13.7. The van der Waals surface area contributed by atoms with E-state index in [1.807, 2.05) is 36.4 Å². The molecule has 6 rings (SSSR count). The van der Waals surface area contributed by atoms with Gasteiger partial charge < -0.3 is 20.1 Å². The van der Waals surface area contributed by atoms with E-state index in [9.17, 15) is 27.6 Å². The molecule has 50 heavy (non-hydrogen) atoms. The van der Waals surface area contributed by atoms with Crippen molar-refractivity contribution in [3.05, 3.63) is 155 Å². The van der Waals surface area contributed by atoms with E-state index in [-0.39, 0.29) is 17.2 Å². The highest BCUT2D eigenvalue weighted by molar-refractivity contribution is 6.09. The highest BCUT2D eigenvalue weighted by Crippen LogP contribution is 2.32. The first-order chi connectivity index (χ1) is 24.0. The third kappa shape index (κ3) is 7.26. The number of nitrogens with zero attached hydrogens (tertiary/aromatic N) is 3. The molecule has 11 heteroatoms. The van der Waals surface area contributed by atoms with Gasteiger partial charge in [0.2, 0.25) is 5.91 Å². The zero-order chi connectivity index (χ0) is 35.4. The van der Waals surface area contributed by atoms with Crippen molar-refractivity contribution in [3.8, 4) is 11.1 Å². The molecule has 3 amide bonds. The van der Waals surface area contributed by atoms with Crippen LogP contribution >= 0.6 is 0 Å². The van der Waals surface area contributed by atoms with Gasteiger partial charge >= 0.3 is 6.18 Å². The van der Waals surface area contributed by atoms with Gasteiger partial charge in [-0.3, -0.25) is 14.4 Å². The van der Waals surface area contributed by atoms with Crippen molar-refractivity contribution < 1.29 is 27.6 Å². The Morgan fingerprint density at radius 1 is 0.820 bits per heavy atom. The molecule has 6 aromatic rings. The van der Waals surface area contributed by atoms with Crippen molar-refractivity contribution in [3.63, 3.8) is 0 Å². The van der Waals surface area contributed by atoms with Crippen LogP contribution in [0.2, 0.25) is 0 Å². The van der Waals surface area contributed by atoms with E-state index in [1.165, 1.54) is 18.3 Å². The summed E-state index contributed by atoms with van der Waals surface area (Å²) in [7, 11) is 3.37. The first kappa shape index (κ1) is 33.7. The molecule has 0 aliphatic rings. The third-order valence-corrected chi connectivity index (χ3v) is 8.35. The lowest BCUT2D eigenvalue weighted by Crippen LogP contribution is -2.41. The minimum atomic E-state index is -4.47. The van der Waals surface area contributed by atoms with Crippen molar-refractivity contribution in [1.82, 2.24) is 19.8 Å². The molecule has 1 unspecified atom stereocenters. The minimum Gasteiger partial charge on any atom is -0.339 e. The standard InChI is InChI=1S/C39H32F3N5O3/c1-46(24-25-11-5-3-6-12-25)38(50)34(27-13-7-4-8-14-27)45-37(49)33-22-28-21-30(23-43-35(28)47(33)2)44-36(48)32-16-10-9-15-31(32)26-17-19-29(20-18-26)39(40,41)42/h3-23,34H,24H2,1-2H3,(H,44,48)(H,45,49). The van der Waals surface area contributed by atoms with Crippen molar-refractivity contribution in [2.45, 2.75) is 18.8 Å². The molecule has 0 fully saturated rings. The number of anilines is 1. The molecule has 8 nitrogen and oxygen atoms in total. The predicted molar refractivity (Wildman–Crippen MR) is 185 cm³/mol. The molecule has 4 aromatic carbocycles. The fourth-order valence-electron chi connectivity index (χ4n) is 5.77. The molecule has 0 radical (unpaired) electrons. The van der Waals surface area contributed by atoms with Crippen molar-refractivity contribution in [2.75, 3.05) is 12.4 Å². The van der Waals surface area contributed by atoms with Gasteiger partial charge in [-0.25, -0.2) is 4.98 Å². The lowest BCUT2D eigenvalue weighted by molar-refractivity contribution is -0.137. The molecule has 0 bridgehead atoms. The Morgan fingerprint density at radius 3 is 2.14 bits per heavy atom. The summed E-state index contributed by atoms with van der Waals surface area (Å²) in [6.07, 6.45) is -3.02. The van der Waals surface area contributed by atoms with E-state index in [2.05, 4.69) is 15.6 Å². The van der Waals surface area contributed by atoms with Crippen LogP contribution in [0.3, 0.4) is 0 Å². The Hall–Kier alpha value is -6.23. The van der Waals surface area contributed by atoms with E-state index in [4.69, 9.17) is 0 Å². The second-order valence-electron chi connectivity index (χ2n) is 11.8. The molecule has 2 N–H and O–H groups in total. The Balaban J connectivity index is 1.22. The zero-order valence-electron chi connectivity index (χ0n) is 27.1. The van der Waals surface area contributed by atoms with Crippen LogP contribution in [0.5, 0.6) is 0 Å². The fraction of sp³-hybridized carbons (Fsp3) is 0.128. The maximum Gasteiger partial charge on any atom is 0.416 e. The van der Waals surface area contributed by atoms with E-state index in [0.717, 1.165) is 17.7 Å². The van der Waals surface area contributed by atoms with Crippen LogP contribution in [-0.4, -0.2) is 39.2 Å². The fourth-order valence-corrected chi connectivity index (χ4v) is 5.77. The molecule has 0 aliphatic heterocycles. The number of hydrogen-bond acceptors (Lipinski definition) is 4. The van der Waals surface area contributed by atoms with Gasteiger partial charge in [-0.15, -0.1) is 0 Å². The molecule has 2 aromatic heterocycles. The summed E-state index contributed by atoms with van der Waals surface area (Å²) in [5, 5.41) is 6.29. The number of rotatable bonds is 9. The first-order valence-corrected chi connectivity index (χ1v) is 15.7. The molecular formula is C39H32F3N5O3. The van der Waals surface area contributed by atoms with Crippen molar-refractivity contribution >= 4 is 34.4 Å². The number of likely N-dealkylation sites (N-methyl/N-ethyl adjacent to an activating group) is 1. The number of benzene rings is 4. The Bertz CT molecular complexity index is 2170. The number of nitrogens with one attached hydrogen (secondary N) is 2. The largest absolute Gasteiger partial charge is 0.416 e. The summed E-state index contributed by atoms with van der Waals surface area (Å²) in [5.41, 5.74) is 3.05. The Morgan fingerprint density at radius 2 is 1.46 bits per heavy atom. The van der Waals surface area contributed by atoms with Crippen LogP contribution in [0.4, 0.5) is 18.9 Å². The Kier molecular flexibility index (Phi) is 9.49. The quantitative estimate of drug-likeness (QED) is 0.165. The lowest BCUT2D eigenvalue weighted by Gasteiger charge is -2.25. The third-order valence-electron chi connectivity index (χ3n) is 8.35. The summed E-state index contributed by atoms with van der Waals surface area (Å²) < 4.78 is 40.9. The number of carbonyl (C=O) groups is 3. The number of aryl methyl sites for hydroxylation is 1. The van der Waals surface area contributed by atoms with Crippen LogP contribution in [0.25, 0.3) is 22.2 Å². The number of aromatic nitrogens is 2. The summed E-state index contributed by atoms with van der Waals surface area (Å²) in [5.74, 6) is -1.26. The summed E-state index contributed by atoms with van der Waals surface area (Å²) in [4.78, 5) is 46.9. The van der Waals surface area contributed by atoms with Gasteiger partial charge in [0.1, 0.15) is 17.4 Å². The van der Waals surface area contributed by atoms with Gasteiger partial charge in [0.25, 0.3) is 11.8 Å². The topological polar surface area (TPSA) is 96.3 Å². The predicted octanol–water partition coefficient (Wildman–Crippen LogP) is 7.64. The van der Waals surface area contributed by atoms with Gasteiger partial charge in [-0.05, 0) is 52.6 Å². The maximum absolute atomic E-state index is 13.7. The number of halogens is 3. The second-order valence-corrected chi connectivity index (χ2v) is 11.8. The van der Waals surface area contributed by atoms with Crippen LogP contribution in [0.1, 0.15) is 43.6 Å². The number of amides is 3. The second kappa shape index (κ2) is 14.1. The molecule has 1 atom stereocenters. The van der Waals surface area contributed by atoms with Gasteiger partial charge in [-0.2, -0.15) is 13.2 Å². The SMILES string of the molecule is CN(Cc1ccccc1)C(=O)C(NC(=O)c1cc2cc(NC(=O)c3ccccc3-c3ccc(C(F)(F)F)cc3)cnc2n1C)c1ccccc1. The minimum absolute atomic E-state index is 0.253. The Labute approximate surface area is 286 Å². The van der Waals surface area contributed by atoms with Gasteiger partial charge in [0.05, 0.1) is 17.4 Å². The average Bonchev–Trinajstić information content (AvgIpc) is 3.46. The first-order valence-electron chi connectivity index (χ1n) is 15.7. The molecule has 0 aliphatic carbocycles. The van der Waals surface area contributed by atoms with Crippen LogP contribution in [0, 0.1) is 0 Å². The van der Waals surface area contributed by atoms with Crippen molar-refractivity contribution in [1.29, 1.82) is 0 Å². The summed E-state index contributed by atoms with van der Waals surface area (Å²) in [6, 6.07) is 32.1. The highest BCUT2D eigenvalue weighted by Gasteiger charge is 2.30. The van der Waals surface area contributed by atoms with E-state index in [1.54, 1.807) is 84.2 Å². The van der Waals surface area contributed by atoms with Crippen LogP contribution < -0.4 is 10.6 Å². The molecule has 0 spiro atoms. The van der Waals surface area contributed by atoms with E-state index >= 15 is 0 Å². The smallest absolute Gasteiger partial charge is 0.339 e. The average molecular weight is 676 g/mol.